The lowest BCUT2D eigenvalue weighted by Crippen LogP contribution is -2.58. The van der Waals surface area contributed by atoms with E-state index in [0.717, 1.165) is 31.8 Å². The minimum Gasteiger partial charge on any atom is -0.339 e. The van der Waals surface area contributed by atoms with Gasteiger partial charge in [0.05, 0.1) is 0 Å². The largest absolute Gasteiger partial charge is 0.339 e. The Hall–Kier alpha value is -1.30. The van der Waals surface area contributed by atoms with Crippen molar-refractivity contribution >= 4 is 11.9 Å². The summed E-state index contributed by atoms with van der Waals surface area (Å²) in [5.74, 6) is 1.28. The van der Waals surface area contributed by atoms with Gasteiger partial charge in [0, 0.05) is 50.7 Å². The maximum atomic E-state index is 12.7. The van der Waals surface area contributed by atoms with Gasteiger partial charge in [-0.15, -0.1) is 0 Å². The van der Waals surface area contributed by atoms with E-state index in [-0.39, 0.29) is 17.5 Å². The summed E-state index contributed by atoms with van der Waals surface area (Å²) in [6, 6.07) is 0.0166. The number of nitrogens with one attached hydrogen (secondary N) is 1. The first-order valence-electron chi connectivity index (χ1n) is 11.4. The van der Waals surface area contributed by atoms with Gasteiger partial charge in [0.25, 0.3) is 0 Å². The summed E-state index contributed by atoms with van der Waals surface area (Å²) in [7, 11) is 0. The molecule has 0 aromatic rings. The van der Waals surface area contributed by atoms with Crippen LogP contribution in [-0.2, 0) is 4.79 Å². The van der Waals surface area contributed by atoms with Crippen molar-refractivity contribution in [1.82, 2.24) is 20.0 Å². The zero-order valence-corrected chi connectivity index (χ0v) is 18.2. The van der Waals surface area contributed by atoms with Crippen molar-refractivity contribution in [3.05, 3.63) is 0 Å². The Labute approximate surface area is 171 Å². The van der Waals surface area contributed by atoms with Gasteiger partial charge in [-0.25, -0.2) is 4.79 Å². The molecule has 0 bridgehead atoms. The van der Waals surface area contributed by atoms with Crippen LogP contribution in [0.5, 0.6) is 0 Å². The molecule has 3 amide bonds. The summed E-state index contributed by atoms with van der Waals surface area (Å²) in [6.07, 6.45) is 8.28. The highest BCUT2D eigenvalue weighted by Gasteiger charge is 2.32. The Morgan fingerprint density at radius 1 is 0.893 bits per heavy atom. The third kappa shape index (κ3) is 5.40. The molecule has 0 radical (unpaired) electrons. The normalized spacial score (nSPS) is 25.6. The van der Waals surface area contributed by atoms with Crippen molar-refractivity contribution in [2.24, 2.45) is 11.8 Å². The van der Waals surface area contributed by atoms with Crippen molar-refractivity contribution in [1.29, 1.82) is 0 Å². The summed E-state index contributed by atoms with van der Waals surface area (Å²) >= 11 is 0. The monoisotopic (exact) mass is 392 g/mol. The molecule has 0 aromatic heterocycles. The van der Waals surface area contributed by atoms with E-state index < -0.39 is 0 Å². The molecular weight excluding hydrogens is 352 g/mol. The van der Waals surface area contributed by atoms with Gasteiger partial charge in [-0.2, -0.15) is 0 Å². The van der Waals surface area contributed by atoms with E-state index in [9.17, 15) is 9.59 Å². The van der Waals surface area contributed by atoms with Crippen LogP contribution in [0.2, 0.25) is 0 Å². The third-order valence-electron chi connectivity index (χ3n) is 7.02. The van der Waals surface area contributed by atoms with Crippen LogP contribution in [0.3, 0.4) is 0 Å². The number of urea groups is 1. The molecule has 6 heteroatoms. The SMILES string of the molecule is CC1CCCN(C(C)(C)CNC(=O)N2CCN(C(=O)C3CCCCC3)CC2)C1. The predicted octanol–water partition coefficient (Wildman–Crippen LogP) is 2.93. The van der Waals surface area contributed by atoms with Crippen LogP contribution in [0.1, 0.15) is 65.7 Å². The third-order valence-corrected chi connectivity index (χ3v) is 7.02. The number of hydrogen-bond donors (Lipinski definition) is 1. The second-order valence-electron chi connectivity index (χ2n) is 9.81. The van der Waals surface area contributed by atoms with Crippen molar-refractivity contribution in [3.63, 3.8) is 0 Å². The van der Waals surface area contributed by atoms with Crippen LogP contribution in [-0.4, -0.2) is 78.0 Å². The molecular formula is C22H40N4O2. The smallest absolute Gasteiger partial charge is 0.317 e. The first kappa shape index (κ1) is 21.4. The minimum absolute atomic E-state index is 0.0166. The van der Waals surface area contributed by atoms with E-state index in [4.69, 9.17) is 0 Å². The molecule has 3 rings (SSSR count). The number of hydrogen-bond acceptors (Lipinski definition) is 3. The van der Waals surface area contributed by atoms with Crippen LogP contribution >= 0.6 is 0 Å². The fourth-order valence-corrected chi connectivity index (χ4v) is 4.99. The van der Waals surface area contributed by atoms with E-state index >= 15 is 0 Å². The zero-order chi connectivity index (χ0) is 20.1. The van der Waals surface area contributed by atoms with Gasteiger partial charge in [0.15, 0.2) is 0 Å². The molecule has 2 aliphatic heterocycles. The van der Waals surface area contributed by atoms with Crippen LogP contribution in [0.4, 0.5) is 4.79 Å². The van der Waals surface area contributed by atoms with E-state index in [1.54, 1.807) is 0 Å². The standard InChI is InChI=1S/C22H40N4O2/c1-18-8-7-11-26(16-18)22(2,3)17-23-21(28)25-14-12-24(13-15-25)20(27)19-9-5-4-6-10-19/h18-19H,4-17H2,1-3H3,(H,23,28). The van der Waals surface area contributed by atoms with Gasteiger partial charge < -0.3 is 15.1 Å². The van der Waals surface area contributed by atoms with Crippen LogP contribution in [0.25, 0.3) is 0 Å². The highest BCUT2D eigenvalue weighted by Crippen LogP contribution is 2.26. The Kier molecular flexibility index (Phi) is 7.24. The summed E-state index contributed by atoms with van der Waals surface area (Å²) in [5, 5.41) is 3.15. The lowest BCUT2D eigenvalue weighted by molar-refractivity contribution is -0.138. The summed E-state index contributed by atoms with van der Waals surface area (Å²) in [5.41, 5.74) is -0.0247. The summed E-state index contributed by atoms with van der Waals surface area (Å²) in [6.45, 7) is 12.3. The number of likely N-dealkylation sites (tertiary alicyclic amines) is 1. The molecule has 0 spiro atoms. The quantitative estimate of drug-likeness (QED) is 0.800. The van der Waals surface area contributed by atoms with Crippen molar-refractivity contribution in [2.75, 3.05) is 45.8 Å². The van der Waals surface area contributed by atoms with Crippen molar-refractivity contribution in [3.8, 4) is 0 Å². The van der Waals surface area contributed by atoms with Crippen LogP contribution in [0.15, 0.2) is 0 Å². The topological polar surface area (TPSA) is 55.9 Å². The minimum atomic E-state index is -0.0247. The lowest BCUT2D eigenvalue weighted by Gasteiger charge is -2.43. The highest BCUT2D eigenvalue weighted by atomic mass is 16.2. The van der Waals surface area contributed by atoms with Crippen molar-refractivity contribution < 1.29 is 9.59 Å². The van der Waals surface area contributed by atoms with Crippen molar-refractivity contribution in [2.45, 2.75) is 71.3 Å². The Balaban J connectivity index is 1.41. The molecule has 28 heavy (non-hydrogen) atoms. The number of carbonyl (C=O) groups is 2. The summed E-state index contributed by atoms with van der Waals surface area (Å²) in [4.78, 5) is 31.7. The number of nitrogens with zero attached hydrogens (tertiary/aromatic N) is 3. The average molecular weight is 393 g/mol. The molecule has 1 N–H and O–H groups in total. The fourth-order valence-electron chi connectivity index (χ4n) is 4.99. The number of piperidine rings is 1. The van der Waals surface area contributed by atoms with Gasteiger partial charge in [-0.3, -0.25) is 9.69 Å². The van der Waals surface area contributed by atoms with Gasteiger partial charge in [-0.05, 0) is 52.0 Å². The Bertz CT molecular complexity index is 537. The van der Waals surface area contributed by atoms with Gasteiger partial charge >= 0.3 is 6.03 Å². The lowest BCUT2D eigenvalue weighted by atomic mass is 9.88. The number of amides is 3. The molecule has 1 atom stereocenters. The average Bonchev–Trinajstić information content (AvgIpc) is 2.72. The molecule has 1 unspecified atom stereocenters. The van der Waals surface area contributed by atoms with Crippen LogP contribution in [0, 0.1) is 11.8 Å². The zero-order valence-electron chi connectivity index (χ0n) is 18.2. The predicted molar refractivity (Wildman–Crippen MR) is 112 cm³/mol. The molecule has 160 valence electrons. The Morgan fingerprint density at radius 3 is 2.18 bits per heavy atom. The van der Waals surface area contributed by atoms with Crippen LogP contribution < -0.4 is 5.32 Å². The van der Waals surface area contributed by atoms with Gasteiger partial charge in [0.1, 0.15) is 0 Å². The first-order chi connectivity index (χ1) is 13.4. The van der Waals surface area contributed by atoms with E-state index in [1.165, 1.54) is 32.1 Å². The highest BCUT2D eigenvalue weighted by molar-refractivity contribution is 5.79. The second kappa shape index (κ2) is 9.47. The van der Waals surface area contributed by atoms with Gasteiger partial charge in [0.2, 0.25) is 5.91 Å². The fraction of sp³-hybridized carbons (Fsp3) is 0.909. The van der Waals surface area contributed by atoms with E-state index in [2.05, 4.69) is 31.0 Å². The second-order valence-corrected chi connectivity index (χ2v) is 9.81. The van der Waals surface area contributed by atoms with E-state index in [0.29, 0.717) is 38.6 Å². The molecule has 0 aromatic carbocycles. The van der Waals surface area contributed by atoms with E-state index in [1.807, 2.05) is 9.80 Å². The molecule has 1 saturated carbocycles. The first-order valence-corrected chi connectivity index (χ1v) is 11.4. The Morgan fingerprint density at radius 2 is 1.54 bits per heavy atom. The maximum Gasteiger partial charge on any atom is 0.317 e. The van der Waals surface area contributed by atoms with Gasteiger partial charge in [-0.1, -0.05) is 26.2 Å². The molecule has 2 saturated heterocycles. The molecule has 3 aliphatic rings. The molecule has 1 aliphatic carbocycles. The number of piperazine rings is 1. The number of rotatable bonds is 4. The molecule has 3 fully saturated rings. The maximum absolute atomic E-state index is 12.7. The molecule has 6 nitrogen and oxygen atoms in total. The molecule has 2 heterocycles. The number of carbonyl (C=O) groups excluding carboxylic acids is 2. The summed E-state index contributed by atoms with van der Waals surface area (Å²) < 4.78 is 0.